The first-order valence-corrected chi connectivity index (χ1v) is 7.66. The molecule has 0 radical (unpaired) electrons. The summed E-state index contributed by atoms with van der Waals surface area (Å²) in [5, 5.41) is 13.7. The summed E-state index contributed by atoms with van der Waals surface area (Å²) in [6, 6.07) is 0. The van der Waals surface area contributed by atoms with Crippen molar-refractivity contribution in [1.29, 1.82) is 0 Å². The van der Waals surface area contributed by atoms with Gasteiger partial charge < -0.3 is 10.0 Å². The minimum atomic E-state index is -0.318. The van der Waals surface area contributed by atoms with Crippen molar-refractivity contribution < 1.29 is 5.11 Å². The average Bonchev–Trinajstić information content (AvgIpc) is 2.81. The van der Waals surface area contributed by atoms with E-state index in [9.17, 15) is 5.11 Å². The van der Waals surface area contributed by atoms with Gasteiger partial charge in [0.1, 0.15) is 0 Å². The number of likely N-dealkylation sites (N-methyl/N-ethyl adjacent to an activating group) is 1. The molecule has 1 fully saturated rings. The van der Waals surface area contributed by atoms with E-state index in [-0.39, 0.29) is 11.6 Å². The Balaban J connectivity index is 2.13. The van der Waals surface area contributed by atoms with Crippen LogP contribution in [-0.4, -0.2) is 40.7 Å². The van der Waals surface area contributed by atoms with Gasteiger partial charge in [0, 0.05) is 23.5 Å². The molecule has 0 bridgehead atoms. The summed E-state index contributed by atoms with van der Waals surface area (Å²) in [7, 11) is 4.20. The van der Waals surface area contributed by atoms with E-state index in [4.69, 9.17) is 0 Å². The monoisotopic (exact) mass is 268 g/mol. The van der Waals surface area contributed by atoms with Crippen molar-refractivity contribution in [3.05, 3.63) is 16.6 Å². The highest BCUT2D eigenvalue weighted by Crippen LogP contribution is 2.39. The minimum absolute atomic E-state index is 0.0661. The molecule has 18 heavy (non-hydrogen) atoms. The fourth-order valence-electron chi connectivity index (χ4n) is 3.28. The lowest BCUT2D eigenvalue weighted by Gasteiger charge is -2.48. The van der Waals surface area contributed by atoms with Crippen molar-refractivity contribution in [2.24, 2.45) is 5.92 Å². The van der Waals surface area contributed by atoms with Gasteiger partial charge in [0.05, 0.1) is 11.1 Å². The zero-order valence-corrected chi connectivity index (χ0v) is 12.4. The topological polar surface area (TPSA) is 36.4 Å². The summed E-state index contributed by atoms with van der Waals surface area (Å²) < 4.78 is 0. The molecule has 3 unspecified atom stereocenters. The SMILES string of the molecule is CC1CCCC(C(O)Cc2nccs2)(N(C)C)C1. The number of aliphatic hydroxyl groups is 1. The van der Waals surface area contributed by atoms with Crippen LogP contribution in [0.15, 0.2) is 11.6 Å². The molecule has 0 amide bonds. The second-order valence-corrected chi connectivity index (χ2v) is 6.82. The van der Waals surface area contributed by atoms with E-state index in [0.29, 0.717) is 12.3 Å². The van der Waals surface area contributed by atoms with E-state index in [1.807, 2.05) is 11.6 Å². The number of hydrogen-bond acceptors (Lipinski definition) is 4. The zero-order chi connectivity index (χ0) is 13.2. The van der Waals surface area contributed by atoms with E-state index < -0.39 is 0 Å². The first-order valence-electron chi connectivity index (χ1n) is 6.78. The van der Waals surface area contributed by atoms with Gasteiger partial charge in [-0.15, -0.1) is 11.3 Å². The highest BCUT2D eigenvalue weighted by molar-refractivity contribution is 7.09. The molecule has 0 aliphatic heterocycles. The Bertz CT molecular complexity index is 366. The molecule has 4 heteroatoms. The van der Waals surface area contributed by atoms with Crippen molar-refractivity contribution >= 4 is 11.3 Å². The van der Waals surface area contributed by atoms with Gasteiger partial charge in [0.25, 0.3) is 0 Å². The Morgan fingerprint density at radius 1 is 1.61 bits per heavy atom. The van der Waals surface area contributed by atoms with E-state index in [0.717, 1.165) is 17.8 Å². The van der Waals surface area contributed by atoms with Gasteiger partial charge in [-0.25, -0.2) is 4.98 Å². The Morgan fingerprint density at radius 2 is 2.39 bits per heavy atom. The molecule has 0 aromatic carbocycles. The van der Waals surface area contributed by atoms with E-state index in [1.165, 1.54) is 12.8 Å². The number of hydrogen-bond donors (Lipinski definition) is 1. The number of aromatic nitrogens is 1. The smallest absolute Gasteiger partial charge is 0.0951 e. The predicted octanol–water partition coefficient (Wildman–Crippen LogP) is 2.56. The van der Waals surface area contributed by atoms with Crippen LogP contribution >= 0.6 is 11.3 Å². The number of thiazole rings is 1. The minimum Gasteiger partial charge on any atom is -0.391 e. The Kier molecular flexibility index (Phi) is 4.41. The standard InChI is InChI=1S/C14H24N2OS/c1-11-5-4-6-14(10-11,16(2)3)12(17)9-13-15-7-8-18-13/h7-8,11-12,17H,4-6,9-10H2,1-3H3. The summed E-state index contributed by atoms with van der Waals surface area (Å²) in [5.74, 6) is 0.701. The van der Waals surface area contributed by atoms with Gasteiger partial charge in [-0.1, -0.05) is 19.8 Å². The molecule has 1 aromatic heterocycles. The second kappa shape index (κ2) is 5.68. The predicted molar refractivity (Wildman–Crippen MR) is 75.9 cm³/mol. The van der Waals surface area contributed by atoms with Crippen molar-refractivity contribution in [2.75, 3.05) is 14.1 Å². The van der Waals surface area contributed by atoms with Crippen LogP contribution in [0.25, 0.3) is 0 Å². The molecule has 1 aliphatic rings. The number of rotatable bonds is 4. The molecule has 1 heterocycles. The largest absolute Gasteiger partial charge is 0.391 e. The van der Waals surface area contributed by atoms with Crippen LogP contribution in [-0.2, 0) is 6.42 Å². The maximum atomic E-state index is 10.7. The lowest BCUT2D eigenvalue weighted by Crippen LogP contribution is -2.56. The van der Waals surface area contributed by atoms with Crippen LogP contribution in [0.4, 0.5) is 0 Å². The summed E-state index contributed by atoms with van der Waals surface area (Å²) in [6.07, 6.45) is 6.87. The third-order valence-electron chi connectivity index (χ3n) is 4.37. The van der Waals surface area contributed by atoms with Crippen LogP contribution in [0.3, 0.4) is 0 Å². The fraction of sp³-hybridized carbons (Fsp3) is 0.786. The van der Waals surface area contributed by atoms with Crippen LogP contribution in [0, 0.1) is 5.92 Å². The van der Waals surface area contributed by atoms with Gasteiger partial charge in [0.15, 0.2) is 0 Å². The molecule has 1 aliphatic carbocycles. The quantitative estimate of drug-likeness (QED) is 0.911. The van der Waals surface area contributed by atoms with Crippen LogP contribution in [0.2, 0.25) is 0 Å². The molecule has 0 saturated heterocycles. The summed E-state index contributed by atoms with van der Waals surface area (Å²) in [5.41, 5.74) is -0.0661. The van der Waals surface area contributed by atoms with Gasteiger partial charge in [-0.05, 0) is 32.9 Å². The summed E-state index contributed by atoms with van der Waals surface area (Å²) in [6.45, 7) is 2.30. The van der Waals surface area contributed by atoms with Crippen LogP contribution in [0.5, 0.6) is 0 Å². The van der Waals surface area contributed by atoms with Crippen molar-refractivity contribution in [1.82, 2.24) is 9.88 Å². The Labute approximate surface area is 114 Å². The normalized spacial score (nSPS) is 30.6. The van der Waals surface area contributed by atoms with Gasteiger partial charge in [-0.2, -0.15) is 0 Å². The Hall–Kier alpha value is -0.450. The average molecular weight is 268 g/mol. The highest BCUT2D eigenvalue weighted by atomic mass is 32.1. The molecular formula is C14H24N2OS. The molecule has 1 aromatic rings. The van der Waals surface area contributed by atoms with Crippen molar-refractivity contribution in [2.45, 2.75) is 50.7 Å². The van der Waals surface area contributed by atoms with Crippen molar-refractivity contribution in [3.63, 3.8) is 0 Å². The Morgan fingerprint density at radius 3 is 2.94 bits per heavy atom. The fourth-order valence-corrected chi connectivity index (χ4v) is 3.93. The first kappa shape index (κ1) is 14.0. The highest BCUT2D eigenvalue weighted by Gasteiger charge is 2.43. The molecule has 0 spiro atoms. The third-order valence-corrected chi connectivity index (χ3v) is 5.17. The number of nitrogens with zero attached hydrogens (tertiary/aromatic N) is 2. The molecule has 2 rings (SSSR count). The maximum Gasteiger partial charge on any atom is 0.0951 e. The van der Waals surface area contributed by atoms with E-state index >= 15 is 0 Å². The number of aliphatic hydroxyl groups excluding tert-OH is 1. The van der Waals surface area contributed by atoms with Gasteiger partial charge >= 0.3 is 0 Å². The van der Waals surface area contributed by atoms with E-state index in [2.05, 4.69) is 30.9 Å². The molecular weight excluding hydrogens is 244 g/mol. The molecule has 3 nitrogen and oxygen atoms in total. The summed E-state index contributed by atoms with van der Waals surface area (Å²) in [4.78, 5) is 6.54. The third kappa shape index (κ3) is 2.76. The molecule has 1 N–H and O–H groups in total. The van der Waals surface area contributed by atoms with Crippen LogP contribution < -0.4 is 0 Å². The van der Waals surface area contributed by atoms with Crippen molar-refractivity contribution in [3.8, 4) is 0 Å². The lowest BCUT2D eigenvalue weighted by atomic mass is 9.71. The zero-order valence-electron chi connectivity index (χ0n) is 11.6. The molecule has 102 valence electrons. The van der Waals surface area contributed by atoms with Gasteiger partial charge in [-0.3, -0.25) is 0 Å². The lowest BCUT2D eigenvalue weighted by molar-refractivity contribution is -0.0424. The van der Waals surface area contributed by atoms with Crippen LogP contribution in [0.1, 0.15) is 37.6 Å². The summed E-state index contributed by atoms with van der Waals surface area (Å²) >= 11 is 1.64. The molecule has 3 atom stereocenters. The van der Waals surface area contributed by atoms with Gasteiger partial charge in [0.2, 0.25) is 0 Å². The molecule has 1 saturated carbocycles. The van der Waals surface area contributed by atoms with E-state index in [1.54, 1.807) is 11.3 Å². The first-order chi connectivity index (χ1) is 8.54. The second-order valence-electron chi connectivity index (χ2n) is 5.85. The maximum absolute atomic E-state index is 10.7.